The minimum absolute atomic E-state index is 0.108. The number of rotatable bonds is 1. The van der Waals surface area contributed by atoms with Crippen LogP contribution in [0.1, 0.15) is 0 Å². The fraction of sp³-hybridized carbons (Fsp3) is 0.750. The van der Waals surface area contributed by atoms with Gasteiger partial charge in [0.1, 0.15) is 23.9 Å². The van der Waals surface area contributed by atoms with Gasteiger partial charge in [-0.05, 0) is 0 Å². The normalized spacial score (nSPS) is 55.0. The van der Waals surface area contributed by atoms with Crippen molar-refractivity contribution in [3.63, 3.8) is 0 Å². The number of hydrogen-bond acceptors (Lipinski definition) is 5. The summed E-state index contributed by atoms with van der Waals surface area (Å²) < 4.78 is 10.3. The van der Waals surface area contributed by atoms with Gasteiger partial charge in [-0.3, -0.25) is 0 Å². The molecule has 0 amide bonds. The van der Waals surface area contributed by atoms with Gasteiger partial charge in [-0.25, -0.2) is 0 Å². The molecule has 13 heavy (non-hydrogen) atoms. The monoisotopic (exact) mass is 188 g/mol. The second-order valence-electron chi connectivity index (χ2n) is 3.38. The largest absolute Gasteiger partial charge is 0.387 e. The maximum Gasteiger partial charge on any atom is 0.187 e. The first-order valence-corrected chi connectivity index (χ1v) is 4.08. The highest BCUT2D eigenvalue weighted by Gasteiger charge is 2.57. The van der Waals surface area contributed by atoms with Gasteiger partial charge in [0.15, 0.2) is 6.29 Å². The Morgan fingerprint density at radius 3 is 2.62 bits per heavy atom. The van der Waals surface area contributed by atoms with Crippen molar-refractivity contribution in [1.29, 1.82) is 0 Å². The van der Waals surface area contributed by atoms with E-state index in [4.69, 9.17) is 9.47 Å². The third kappa shape index (κ3) is 1.06. The van der Waals surface area contributed by atoms with Gasteiger partial charge in [-0.15, -0.1) is 6.58 Å². The molecule has 3 N–H and O–H groups in total. The lowest BCUT2D eigenvalue weighted by atomic mass is 9.89. The molecule has 2 fully saturated rings. The molecule has 0 aliphatic carbocycles. The minimum atomic E-state index is -1.25. The maximum absolute atomic E-state index is 9.60. The van der Waals surface area contributed by atoms with E-state index in [9.17, 15) is 15.3 Å². The number of aliphatic hydroxyl groups excluding tert-OH is 3. The summed E-state index contributed by atoms with van der Waals surface area (Å²) in [5.41, 5.74) is -1.07. The molecule has 0 unspecified atom stereocenters. The SMILES string of the molecule is C=C[C@]12CO[C@H](O1)[C@H](O)[C@@H](O)[C@@H]2O. The van der Waals surface area contributed by atoms with Crippen LogP contribution in [0.5, 0.6) is 0 Å². The molecule has 5 atom stereocenters. The number of aliphatic hydroxyl groups is 3. The third-order valence-corrected chi connectivity index (χ3v) is 2.61. The summed E-state index contributed by atoms with van der Waals surface area (Å²) in [4.78, 5) is 0. The predicted octanol–water partition coefficient (Wildman–Crippen LogP) is -1.62. The molecule has 0 aromatic heterocycles. The molecule has 0 spiro atoms. The topological polar surface area (TPSA) is 79.2 Å². The highest BCUT2D eigenvalue weighted by molar-refractivity contribution is 5.12. The molecule has 2 heterocycles. The minimum Gasteiger partial charge on any atom is -0.387 e. The van der Waals surface area contributed by atoms with Crippen LogP contribution in [0.4, 0.5) is 0 Å². The maximum atomic E-state index is 9.60. The zero-order valence-corrected chi connectivity index (χ0v) is 6.96. The van der Waals surface area contributed by atoms with Gasteiger partial charge in [-0.1, -0.05) is 6.08 Å². The Morgan fingerprint density at radius 2 is 2.00 bits per heavy atom. The fourth-order valence-corrected chi connectivity index (χ4v) is 1.68. The van der Waals surface area contributed by atoms with E-state index >= 15 is 0 Å². The Labute approximate surface area is 75.2 Å². The molecule has 2 rings (SSSR count). The molecule has 2 aliphatic heterocycles. The fourth-order valence-electron chi connectivity index (χ4n) is 1.68. The lowest BCUT2D eigenvalue weighted by molar-refractivity contribution is -0.247. The van der Waals surface area contributed by atoms with Crippen LogP contribution >= 0.6 is 0 Å². The van der Waals surface area contributed by atoms with Gasteiger partial charge in [0.2, 0.25) is 0 Å². The first-order chi connectivity index (χ1) is 6.10. The number of fused-ring (bicyclic) bond motifs is 2. The van der Waals surface area contributed by atoms with Crippen molar-refractivity contribution >= 4 is 0 Å². The van der Waals surface area contributed by atoms with Crippen LogP contribution in [0.15, 0.2) is 12.7 Å². The second-order valence-corrected chi connectivity index (χ2v) is 3.38. The first kappa shape index (κ1) is 9.11. The molecule has 0 radical (unpaired) electrons. The van der Waals surface area contributed by atoms with E-state index in [-0.39, 0.29) is 6.61 Å². The lowest BCUT2D eigenvalue weighted by Crippen LogP contribution is -2.59. The summed E-state index contributed by atoms with van der Waals surface area (Å²) in [7, 11) is 0. The van der Waals surface area contributed by atoms with Crippen molar-refractivity contribution < 1.29 is 24.8 Å². The van der Waals surface area contributed by atoms with E-state index in [0.29, 0.717) is 0 Å². The zero-order chi connectivity index (χ0) is 9.64. The van der Waals surface area contributed by atoms with Gasteiger partial charge >= 0.3 is 0 Å². The van der Waals surface area contributed by atoms with Crippen LogP contribution in [0.3, 0.4) is 0 Å². The molecule has 0 aromatic carbocycles. The van der Waals surface area contributed by atoms with E-state index in [2.05, 4.69) is 6.58 Å². The highest BCUT2D eigenvalue weighted by Crippen LogP contribution is 2.37. The molecule has 2 saturated heterocycles. The van der Waals surface area contributed by atoms with E-state index in [1.54, 1.807) is 0 Å². The van der Waals surface area contributed by atoms with Gasteiger partial charge in [-0.2, -0.15) is 0 Å². The summed E-state index contributed by atoms with van der Waals surface area (Å²) in [6, 6.07) is 0. The van der Waals surface area contributed by atoms with Crippen LogP contribution in [0.2, 0.25) is 0 Å². The highest BCUT2D eigenvalue weighted by atomic mass is 16.8. The summed E-state index contributed by atoms with van der Waals surface area (Å²) in [6.07, 6.45) is -3.12. The Bertz CT molecular complexity index is 231. The number of ether oxygens (including phenoxy) is 2. The van der Waals surface area contributed by atoms with E-state index < -0.39 is 30.2 Å². The number of hydrogen-bond donors (Lipinski definition) is 3. The third-order valence-electron chi connectivity index (χ3n) is 2.61. The summed E-state index contributed by atoms with van der Waals surface area (Å²) >= 11 is 0. The van der Waals surface area contributed by atoms with Gasteiger partial charge < -0.3 is 24.8 Å². The van der Waals surface area contributed by atoms with Crippen molar-refractivity contribution in [2.24, 2.45) is 0 Å². The Hall–Kier alpha value is -0.460. The average molecular weight is 188 g/mol. The first-order valence-electron chi connectivity index (χ1n) is 4.08. The van der Waals surface area contributed by atoms with Crippen molar-refractivity contribution in [2.75, 3.05) is 6.61 Å². The molecule has 74 valence electrons. The van der Waals surface area contributed by atoms with Crippen LogP contribution < -0.4 is 0 Å². The molecule has 0 aromatic rings. The van der Waals surface area contributed by atoms with Crippen LogP contribution in [-0.2, 0) is 9.47 Å². The summed E-state index contributed by atoms with van der Waals surface area (Å²) in [5, 5.41) is 28.4. The zero-order valence-electron chi connectivity index (χ0n) is 6.96. The Balaban J connectivity index is 2.30. The van der Waals surface area contributed by atoms with Gasteiger partial charge in [0.05, 0.1) is 6.61 Å². The van der Waals surface area contributed by atoms with Crippen molar-refractivity contribution in [3.8, 4) is 0 Å². The van der Waals surface area contributed by atoms with Crippen LogP contribution in [-0.4, -0.2) is 52.1 Å². The molecule has 5 heteroatoms. The smallest absolute Gasteiger partial charge is 0.187 e. The van der Waals surface area contributed by atoms with E-state index in [1.165, 1.54) is 6.08 Å². The van der Waals surface area contributed by atoms with E-state index in [0.717, 1.165) is 0 Å². The summed E-state index contributed by atoms with van der Waals surface area (Å²) in [6.45, 7) is 3.61. The quantitative estimate of drug-likeness (QED) is 0.431. The average Bonchev–Trinajstić information content (AvgIpc) is 2.55. The molecule has 0 saturated carbocycles. The second kappa shape index (κ2) is 2.76. The van der Waals surface area contributed by atoms with Gasteiger partial charge in [0.25, 0.3) is 0 Å². The molecule has 2 aliphatic rings. The molecular weight excluding hydrogens is 176 g/mol. The summed E-state index contributed by atoms with van der Waals surface area (Å²) in [5.74, 6) is 0. The lowest BCUT2D eigenvalue weighted by Gasteiger charge is -2.39. The molecule has 2 bridgehead atoms. The van der Waals surface area contributed by atoms with Crippen LogP contribution in [0.25, 0.3) is 0 Å². The standard InChI is InChI=1S/C8H12O5/c1-2-8-3-12-7(13-8)5(10)4(9)6(8)11/h2,4-7,9-11H,1,3H2/t4-,5-,6+,7-,8-/m1/s1. The van der Waals surface area contributed by atoms with Crippen molar-refractivity contribution in [1.82, 2.24) is 0 Å². The Kier molecular flexibility index (Phi) is 1.94. The van der Waals surface area contributed by atoms with E-state index in [1.807, 2.05) is 0 Å². The Morgan fingerprint density at radius 1 is 1.31 bits per heavy atom. The van der Waals surface area contributed by atoms with Crippen LogP contribution in [0, 0.1) is 0 Å². The van der Waals surface area contributed by atoms with Crippen molar-refractivity contribution in [3.05, 3.63) is 12.7 Å². The molecule has 5 nitrogen and oxygen atoms in total. The van der Waals surface area contributed by atoms with Gasteiger partial charge in [0, 0.05) is 0 Å². The predicted molar refractivity (Wildman–Crippen MR) is 41.8 cm³/mol. The molecular formula is C8H12O5. The van der Waals surface area contributed by atoms with Crippen molar-refractivity contribution in [2.45, 2.75) is 30.2 Å².